The first-order chi connectivity index (χ1) is 11.0. The second-order valence-electron chi connectivity index (χ2n) is 6.08. The van der Waals surface area contributed by atoms with Gasteiger partial charge in [-0.15, -0.1) is 12.4 Å². The average molecular weight is 377 g/mol. The summed E-state index contributed by atoms with van der Waals surface area (Å²) in [5.41, 5.74) is 12.1. The molecule has 0 atom stereocenters. The van der Waals surface area contributed by atoms with E-state index < -0.39 is 5.41 Å². The van der Waals surface area contributed by atoms with Crippen molar-refractivity contribution in [3.05, 3.63) is 22.7 Å². The molecule has 4 nitrogen and oxygen atoms in total. The monoisotopic (exact) mass is 376 g/mol. The lowest BCUT2D eigenvalue weighted by Gasteiger charge is -2.33. The molecule has 6 heteroatoms. The van der Waals surface area contributed by atoms with Gasteiger partial charge in [0, 0.05) is 11.5 Å². The van der Waals surface area contributed by atoms with E-state index >= 15 is 0 Å². The molecule has 0 bridgehead atoms. The fourth-order valence-electron chi connectivity index (χ4n) is 3.31. The van der Waals surface area contributed by atoms with Crippen LogP contribution in [0.4, 0.5) is 5.69 Å². The van der Waals surface area contributed by atoms with E-state index in [0.29, 0.717) is 28.6 Å². The lowest BCUT2D eigenvalue weighted by Crippen LogP contribution is -2.32. The number of rotatable bonds is 10. The van der Waals surface area contributed by atoms with Crippen LogP contribution >= 0.6 is 24.0 Å². The first-order valence-corrected chi connectivity index (χ1v) is 8.71. The Balaban J connectivity index is 0.00000529. The molecule has 24 heavy (non-hydrogen) atoms. The SMILES string of the molecule is CCCC(CCC)(CCCN)C(=O)c1cc(Cl)c(N)cc1OC.Cl. The van der Waals surface area contributed by atoms with Gasteiger partial charge in [0.15, 0.2) is 5.78 Å². The third-order valence-corrected chi connectivity index (χ3v) is 4.69. The number of ether oxygens (including phenoxy) is 1. The van der Waals surface area contributed by atoms with Crippen LogP contribution in [0.5, 0.6) is 5.75 Å². The van der Waals surface area contributed by atoms with Crippen molar-refractivity contribution in [3.8, 4) is 5.75 Å². The second-order valence-corrected chi connectivity index (χ2v) is 6.48. The molecule has 138 valence electrons. The van der Waals surface area contributed by atoms with Crippen molar-refractivity contribution in [2.75, 3.05) is 19.4 Å². The van der Waals surface area contributed by atoms with Gasteiger partial charge in [-0.2, -0.15) is 0 Å². The van der Waals surface area contributed by atoms with Crippen LogP contribution in [0, 0.1) is 5.41 Å². The molecule has 0 amide bonds. The minimum Gasteiger partial charge on any atom is -0.496 e. The molecule has 0 saturated carbocycles. The lowest BCUT2D eigenvalue weighted by molar-refractivity contribution is 0.0727. The van der Waals surface area contributed by atoms with Gasteiger partial charge in [0.05, 0.1) is 23.4 Å². The number of hydrogen-bond donors (Lipinski definition) is 2. The zero-order chi connectivity index (χ0) is 17.5. The smallest absolute Gasteiger partial charge is 0.172 e. The van der Waals surface area contributed by atoms with E-state index in [0.717, 1.165) is 38.5 Å². The third kappa shape index (κ3) is 5.27. The largest absolute Gasteiger partial charge is 0.496 e. The Morgan fingerprint density at radius 3 is 2.25 bits per heavy atom. The highest BCUT2D eigenvalue weighted by atomic mass is 35.5. The summed E-state index contributed by atoms with van der Waals surface area (Å²) in [5.74, 6) is 0.578. The molecule has 0 heterocycles. The molecule has 1 aromatic carbocycles. The predicted octanol–water partition coefficient (Wildman–Crippen LogP) is 4.86. The van der Waals surface area contributed by atoms with Gasteiger partial charge in [-0.05, 0) is 38.3 Å². The van der Waals surface area contributed by atoms with Crippen LogP contribution in [0.25, 0.3) is 0 Å². The van der Waals surface area contributed by atoms with Gasteiger partial charge in [0.1, 0.15) is 5.75 Å². The Bertz CT molecular complexity index is 530. The van der Waals surface area contributed by atoms with E-state index in [1.54, 1.807) is 19.2 Å². The number of halogens is 2. The number of methoxy groups -OCH3 is 1. The van der Waals surface area contributed by atoms with Crippen molar-refractivity contribution in [2.45, 2.75) is 52.4 Å². The van der Waals surface area contributed by atoms with Crippen molar-refractivity contribution >= 4 is 35.5 Å². The second kappa shape index (κ2) is 10.8. The molecule has 0 aliphatic rings. The predicted molar refractivity (Wildman–Crippen MR) is 105 cm³/mol. The van der Waals surface area contributed by atoms with Gasteiger partial charge in [0.25, 0.3) is 0 Å². The highest BCUT2D eigenvalue weighted by Crippen LogP contribution is 2.41. The molecular formula is C18H30Cl2N2O2. The minimum absolute atomic E-state index is 0. The van der Waals surface area contributed by atoms with Crippen molar-refractivity contribution in [3.63, 3.8) is 0 Å². The Kier molecular flexibility index (Phi) is 10.4. The standard InChI is InChI=1S/C18H29ClN2O2.ClH/c1-4-7-18(8-5-2,9-6-10-20)17(22)13-11-14(19)15(21)12-16(13)23-3;/h11-12H,4-10,20-21H2,1-3H3;1H. The van der Waals surface area contributed by atoms with Crippen molar-refractivity contribution < 1.29 is 9.53 Å². The van der Waals surface area contributed by atoms with Crippen LogP contribution in [0.3, 0.4) is 0 Å². The molecular weight excluding hydrogens is 347 g/mol. The van der Waals surface area contributed by atoms with Crippen molar-refractivity contribution in [1.29, 1.82) is 0 Å². The molecule has 0 unspecified atom stereocenters. The fourth-order valence-corrected chi connectivity index (χ4v) is 3.48. The summed E-state index contributed by atoms with van der Waals surface area (Å²) in [4.78, 5) is 13.4. The van der Waals surface area contributed by atoms with Crippen LogP contribution in [-0.2, 0) is 0 Å². The van der Waals surface area contributed by atoms with Gasteiger partial charge >= 0.3 is 0 Å². The van der Waals surface area contributed by atoms with Crippen molar-refractivity contribution in [2.24, 2.45) is 11.1 Å². The van der Waals surface area contributed by atoms with Crippen LogP contribution in [0.2, 0.25) is 5.02 Å². The van der Waals surface area contributed by atoms with Gasteiger partial charge in [-0.25, -0.2) is 0 Å². The topological polar surface area (TPSA) is 78.3 Å². The molecule has 4 N–H and O–H groups in total. The zero-order valence-electron chi connectivity index (χ0n) is 14.9. The maximum atomic E-state index is 13.4. The molecule has 0 spiro atoms. The summed E-state index contributed by atoms with van der Waals surface area (Å²) in [5, 5.41) is 0.384. The van der Waals surface area contributed by atoms with E-state index in [2.05, 4.69) is 13.8 Å². The summed E-state index contributed by atoms with van der Waals surface area (Å²) in [6.07, 6.45) is 5.18. The molecule has 0 saturated heterocycles. The molecule has 0 aliphatic heterocycles. The Morgan fingerprint density at radius 1 is 1.21 bits per heavy atom. The molecule has 0 radical (unpaired) electrons. The van der Waals surface area contributed by atoms with Crippen LogP contribution < -0.4 is 16.2 Å². The Morgan fingerprint density at radius 2 is 1.79 bits per heavy atom. The van der Waals surface area contributed by atoms with Gasteiger partial charge in [-0.3, -0.25) is 4.79 Å². The Labute approximate surface area is 156 Å². The number of nitrogens with two attached hydrogens (primary N) is 2. The number of nitrogen functional groups attached to an aromatic ring is 1. The summed E-state index contributed by atoms with van der Waals surface area (Å²) >= 11 is 6.14. The number of carbonyl (C=O) groups is 1. The average Bonchev–Trinajstić information content (AvgIpc) is 2.54. The highest BCUT2D eigenvalue weighted by molar-refractivity contribution is 6.33. The van der Waals surface area contributed by atoms with Crippen LogP contribution in [0.15, 0.2) is 12.1 Å². The van der Waals surface area contributed by atoms with Crippen LogP contribution in [-0.4, -0.2) is 19.4 Å². The maximum Gasteiger partial charge on any atom is 0.172 e. The maximum absolute atomic E-state index is 13.4. The number of Topliss-reactive ketones (excluding diaryl/α,β-unsaturated/α-hetero) is 1. The van der Waals surface area contributed by atoms with E-state index in [1.165, 1.54) is 0 Å². The van der Waals surface area contributed by atoms with Crippen LogP contribution in [0.1, 0.15) is 62.7 Å². The lowest BCUT2D eigenvalue weighted by atomic mass is 9.70. The highest BCUT2D eigenvalue weighted by Gasteiger charge is 2.38. The number of hydrogen-bond acceptors (Lipinski definition) is 4. The number of benzene rings is 1. The first kappa shape index (κ1) is 23.0. The molecule has 1 aromatic rings. The summed E-state index contributed by atoms with van der Waals surface area (Å²) in [6.45, 7) is 4.79. The number of carbonyl (C=O) groups excluding carboxylic acids is 1. The number of ketones is 1. The third-order valence-electron chi connectivity index (χ3n) is 4.36. The van der Waals surface area contributed by atoms with Gasteiger partial charge in [0.2, 0.25) is 0 Å². The summed E-state index contributed by atoms with van der Waals surface area (Å²) in [6, 6.07) is 3.27. The van der Waals surface area contributed by atoms with E-state index in [1.807, 2.05) is 0 Å². The van der Waals surface area contributed by atoms with Crippen molar-refractivity contribution in [1.82, 2.24) is 0 Å². The minimum atomic E-state index is -0.407. The summed E-state index contributed by atoms with van der Waals surface area (Å²) in [7, 11) is 1.54. The molecule has 1 rings (SSSR count). The van der Waals surface area contributed by atoms with E-state index in [9.17, 15) is 4.79 Å². The number of anilines is 1. The summed E-state index contributed by atoms with van der Waals surface area (Å²) < 4.78 is 5.37. The fraction of sp³-hybridized carbons (Fsp3) is 0.611. The first-order valence-electron chi connectivity index (χ1n) is 8.33. The Hall–Kier alpha value is -0.970. The molecule has 0 aromatic heterocycles. The quantitative estimate of drug-likeness (QED) is 0.451. The van der Waals surface area contributed by atoms with Gasteiger partial charge < -0.3 is 16.2 Å². The normalized spacial score (nSPS) is 11.0. The van der Waals surface area contributed by atoms with Gasteiger partial charge in [-0.1, -0.05) is 38.3 Å². The zero-order valence-corrected chi connectivity index (χ0v) is 16.4. The molecule has 0 fully saturated rings. The van der Waals surface area contributed by atoms with E-state index in [4.69, 9.17) is 27.8 Å². The molecule has 0 aliphatic carbocycles. The van der Waals surface area contributed by atoms with E-state index in [-0.39, 0.29) is 18.2 Å².